The zero-order valence-corrected chi connectivity index (χ0v) is 11.3. The molecule has 1 aromatic rings. The third kappa shape index (κ3) is 3.47. The Morgan fingerprint density at radius 1 is 1.28 bits per heavy atom. The van der Waals surface area contributed by atoms with Crippen LogP contribution in [0.1, 0.15) is 43.9 Å². The van der Waals surface area contributed by atoms with Crippen molar-refractivity contribution in [3.63, 3.8) is 0 Å². The first kappa shape index (κ1) is 14.5. The molecule has 1 unspecified atom stereocenters. The molecule has 1 rings (SSSR count). The second-order valence-electron chi connectivity index (χ2n) is 4.35. The number of aliphatic hydroxyl groups excluding tert-OH is 1. The number of carbonyl (C=O) groups excluding carboxylic acids is 1. The molecule has 0 aromatic heterocycles. The lowest BCUT2D eigenvalue weighted by atomic mass is 9.98. The van der Waals surface area contributed by atoms with Gasteiger partial charge in [-0.25, -0.2) is 4.79 Å². The quantitative estimate of drug-likeness (QED) is 0.818. The van der Waals surface area contributed by atoms with Crippen molar-refractivity contribution in [2.45, 2.75) is 32.8 Å². The van der Waals surface area contributed by atoms with Crippen LogP contribution in [0, 0.1) is 0 Å². The zero-order valence-electron chi connectivity index (χ0n) is 11.3. The second kappa shape index (κ2) is 6.40. The van der Waals surface area contributed by atoms with Gasteiger partial charge in [-0.15, -0.1) is 0 Å². The largest absolute Gasteiger partial charge is 0.497 e. The highest BCUT2D eigenvalue weighted by Gasteiger charge is 2.20. The summed E-state index contributed by atoms with van der Waals surface area (Å²) in [6.07, 6.45) is -1.27. The maximum Gasteiger partial charge on any atom is 0.339 e. The highest BCUT2D eigenvalue weighted by molar-refractivity contribution is 5.76. The predicted octanol–water partition coefficient (Wildman–Crippen LogP) is 2.42. The van der Waals surface area contributed by atoms with Crippen molar-refractivity contribution in [3.8, 4) is 5.75 Å². The van der Waals surface area contributed by atoms with E-state index in [0.717, 1.165) is 5.56 Å². The van der Waals surface area contributed by atoms with Crippen molar-refractivity contribution >= 4 is 5.97 Å². The Labute approximate surface area is 108 Å². The van der Waals surface area contributed by atoms with Crippen LogP contribution in [0.15, 0.2) is 18.2 Å². The van der Waals surface area contributed by atoms with Gasteiger partial charge < -0.3 is 14.6 Å². The van der Waals surface area contributed by atoms with Crippen molar-refractivity contribution in [1.29, 1.82) is 0 Å². The molecule has 0 spiro atoms. The lowest BCUT2D eigenvalue weighted by Crippen LogP contribution is -2.15. The summed E-state index contributed by atoms with van der Waals surface area (Å²) in [6, 6.07) is 5.34. The van der Waals surface area contributed by atoms with Crippen molar-refractivity contribution in [2.75, 3.05) is 13.7 Å². The second-order valence-corrected chi connectivity index (χ2v) is 4.35. The summed E-state index contributed by atoms with van der Waals surface area (Å²) in [5, 5.41) is 9.92. The normalized spacial score (nSPS) is 12.3. The number of esters is 1. The molecule has 0 amide bonds. The molecule has 0 bridgehead atoms. The van der Waals surface area contributed by atoms with Gasteiger partial charge in [0.15, 0.2) is 6.10 Å². The van der Waals surface area contributed by atoms with E-state index in [0.29, 0.717) is 11.3 Å². The number of ether oxygens (including phenoxy) is 2. The van der Waals surface area contributed by atoms with E-state index in [1.54, 1.807) is 26.2 Å². The van der Waals surface area contributed by atoms with E-state index in [-0.39, 0.29) is 12.5 Å². The van der Waals surface area contributed by atoms with E-state index in [1.165, 1.54) is 0 Å². The fourth-order valence-corrected chi connectivity index (χ4v) is 1.61. The van der Waals surface area contributed by atoms with E-state index in [4.69, 9.17) is 9.47 Å². The van der Waals surface area contributed by atoms with Crippen LogP contribution >= 0.6 is 0 Å². The molecule has 1 atom stereocenters. The van der Waals surface area contributed by atoms with Gasteiger partial charge in [0.2, 0.25) is 0 Å². The van der Waals surface area contributed by atoms with Gasteiger partial charge in [0.05, 0.1) is 13.7 Å². The monoisotopic (exact) mass is 252 g/mol. The van der Waals surface area contributed by atoms with Gasteiger partial charge in [-0.3, -0.25) is 0 Å². The van der Waals surface area contributed by atoms with Crippen molar-refractivity contribution in [3.05, 3.63) is 29.3 Å². The van der Waals surface area contributed by atoms with E-state index in [1.807, 2.05) is 19.9 Å². The maximum atomic E-state index is 11.5. The predicted molar refractivity (Wildman–Crippen MR) is 68.7 cm³/mol. The van der Waals surface area contributed by atoms with Crippen LogP contribution in [-0.4, -0.2) is 24.8 Å². The van der Waals surface area contributed by atoms with Crippen LogP contribution in [0.25, 0.3) is 0 Å². The minimum atomic E-state index is -1.27. The van der Waals surface area contributed by atoms with Gasteiger partial charge >= 0.3 is 5.97 Å². The van der Waals surface area contributed by atoms with E-state index >= 15 is 0 Å². The molecule has 18 heavy (non-hydrogen) atoms. The standard InChI is InChI=1S/C14H20O4/c1-5-18-14(16)13(15)11-6-10(9(2)3)7-12(8-11)17-4/h6-9,13,15H,5H2,1-4H3. The summed E-state index contributed by atoms with van der Waals surface area (Å²) in [4.78, 5) is 11.5. The van der Waals surface area contributed by atoms with Gasteiger partial charge in [-0.05, 0) is 36.1 Å². The molecule has 1 N–H and O–H groups in total. The first-order valence-electron chi connectivity index (χ1n) is 6.03. The minimum Gasteiger partial charge on any atom is -0.497 e. The number of methoxy groups -OCH3 is 1. The lowest BCUT2D eigenvalue weighted by Gasteiger charge is -2.14. The van der Waals surface area contributed by atoms with Crippen LogP contribution in [0.3, 0.4) is 0 Å². The SMILES string of the molecule is CCOC(=O)C(O)c1cc(OC)cc(C(C)C)c1. The number of carbonyl (C=O) groups is 1. The molecular weight excluding hydrogens is 232 g/mol. The van der Waals surface area contributed by atoms with E-state index in [2.05, 4.69) is 0 Å². The average molecular weight is 252 g/mol. The van der Waals surface area contributed by atoms with E-state index < -0.39 is 12.1 Å². The highest BCUT2D eigenvalue weighted by atomic mass is 16.5. The molecule has 1 aromatic carbocycles. The first-order chi connectivity index (χ1) is 8.49. The summed E-state index contributed by atoms with van der Waals surface area (Å²) >= 11 is 0. The van der Waals surface area contributed by atoms with Crippen molar-refractivity contribution in [2.24, 2.45) is 0 Å². The molecule has 0 heterocycles. The summed E-state index contributed by atoms with van der Waals surface area (Å²) in [5.74, 6) is 0.272. The smallest absolute Gasteiger partial charge is 0.339 e. The fraction of sp³-hybridized carbons (Fsp3) is 0.500. The van der Waals surface area contributed by atoms with Crippen molar-refractivity contribution < 1.29 is 19.4 Å². The Hall–Kier alpha value is -1.55. The van der Waals surface area contributed by atoms with Gasteiger partial charge in [-0.1, -0.05) is 19.9 Å². The first-order valence-corrected chi connectivity index (χ1v) is 6.03. The lowest BCUT2D eigenvalue weighted by molar-refractivity contribution is -0.153. The maximum absolute atomic E-state index is 11.5. The fourth-order valence-electron chi connectivity index (χ4n) is 1.61. The molecule has 0 saturated carbocycles. The van der Waals surface area contributed by atoms with Gasteiger partial charge in [0, 0.05) is 0 Å². The third-order valence-corrected chi connectivity index (χ3v) is 2.68. The molecular formula is C14H20O4. The molecule has 0 aliphatic rings. The van der Waals surface area contributed by atoms with Gasteiger partial charge in [0.1, 0.15) is 5.75 Å². The van der Waals surface area contributed by atoms with Crippen LogP contribution in [0.5, 0.6) is 5.75 Å². The topological polar surface area (TPSA) is 55.8 Å². The summed E-state index contributed by atoms with van der Waals surface area (Å²) in [5.41, 5.74) is 1.50. The average Bonchev–Trinajstić information content (AvgIpc) is 2.37. The molecule has 0 saturated heterocycles. The summed E-state index contributed by atoms with van der Waals surface area (Å²) < 4.78 is 9.97. The number of aliphatic hydroxyl groups is 1. The number of hydrogen-bond acceptors (Lipinski definition) is 4. The summed E-state index contributed by atoms with van der Waals surface area (Å²) in [7, 11) is 1.56. The Morgan fingerprint density at radius 2 is 1.89 bits per heavy atom. The summed E-state index contributed by atoms with van der Waals surface area (Å²) in [6.45, 7) is 6.03. The minimum absolute atomic E-state index is 0.247. The molecule has 4 nitrogen and oxygen atoms in total. The molecule has 100 valence electrons. The van der Waals surface area contributed by atoms with Gasteiger partial charge in [-0.2, -0.15) is 0 Å². The molecule has 0 fully saturated rings. The third-order valence-electron chi connectivity index (χ3n) is 2.68. The molecule has 0 aliphatic heterocycles. The number of rotatable bonds is 5. The number of benzene rings is 1. The Morgan fingerprint density at radius 3 is 2.39 bits per heavy atom. The van der Waals surface area contributed by atoms with Gasteiger partial charge in [0.25, 0.3) is 0 Å². The molecule has 0 aliphatic carbocycles. The van der Waals surface area contributed by atoms with Crippen LogP contribution < -0.4 is 4.74 Å². The Balaban J connectivity index is 3.07. The molecule has 0 radical (unpaired) electrons. The molecule has 4 heteroatoms. The highest BCUT2D eigenvalue weighted by Crippen LogP contribution is 2.26. The van der Waals surface area contributed by atoms with E-state index in [9.17, 15) is 9.90 Å². The zero-order chi connectivity index (χ0) is 13.7. The number of hydrogen-bond donors (Lipinski definition) is 1. The van der Waals surface area contributed by atoms with Crippen molar-refractivity contribution in [1.82, 2.24) is 0 Å². The Kier molecular flexibility index (Phi) is 5.16. The Bertz CT molecular complexity index is 412. The van der Waals surface area contributed by atoms with Crippen LogP contribution in [0.4, 0.5) is 0 Å². The van der Waals surface area contributed by atoms with Crippen LogP contribution in [-0.2, 0) is 9.53 Å². The van der Waals surface area contributed by atoms with Crippen LogP contribution in [0.2, 0.25) is 0 Å².